The van der Waals surface area contributed by atoms with Gasteiger partial charge in [-0.05, 0) is 38.5 Å². The maximum absolute atomic E-state index is 13.2. The van der Waals surface area contributed by atoms with Gasteiger partial charge in [0.25, 0.3) is 0 Å². The molecule has 0 saturated heterocycles. The molecule has 21 nitrogen and oxygen atoms in total. The van der Waals surface area contributed by atoms with Gasteiger partial charge < -0.3 is 57.0 Å². The first kappa shape index (κ1) is 62.6. The zero-order valence-corrected chi connectivity index (χ0v) is 38.3. The highest BCUT2D eigenvalue weighted by molar-refractivity contribution is 5.96. The lowest BCUT2D eigenvalue weighted by Gasteiger charge is -2.29. The summed E-state index contributed by atoms with van der Waals surface area (Å²) in [5, 5.41) is 34.0. The van der Waals surface area contributed by atoms with Gasteiger partial charge in [-0.2, -0.15) is 0 Å². The molecule has 0 aromatic heterocycles. The summed E-state index contributed by atoms with van der Waals surface area (Å²) in [7, 11) is 0. The van der Waals surface area contributed by atoms with Crippen LogP contribution in [0.1, 0.15) is 122 Å². The Balaban J connectivity index is -0.000000728. The van der Waals surface area contributed by atoms with Crippen molar-refractivity contribution in [3.8, 4) is 12.3 Å². The minimum Gasteiger partial charge on any atom is -0.481 e. The number of nitrogens with one attached hydrogen (secondary N) is 7. The van der Waals surface area contributed by atoms with Crippen LogP contribution < -0.4 is 37.2 Å². The summed E-state index contributed by atoms with van der Waals surface area (Å²) in [5.74, 6) is -5.32. The predicted molar refractivity (Wildman–Crippen MR) is 229 cm³/mol. The normalized spacial score (nSPS) is 12.8. The minimum atomic E-state index is -1.59. The summed E-state index contributed by atoms with van der Waals surface area (Å²) in [6.45, 7) is 19.0. The molecule has 0 bridgehead atoms. The van der Waals surface area contributed by atoms with Crippen LogP contribution in [0.25, 0.3) is 0 Å². The topological polar surface area (TPSA) is 322 Å². The molecular weight excluding hydrogens is 814 g/mol. The molecule has 0 saturated carbocycles. The highest BCUT2D eigenvalue weighted by Crippen LogP contribution is 2.13. The Kier molecular flexibility index (Phi) is 36.0. The minimum absolute atomic E-state index is 0.0571. The standard InChI is InChI=1S/C28H48N6O9.C7H9NO3.C3H6O2.C3H8/c1-9-10-19(24(40)30-17(6)14-35)31-25(41)23(16(4)5)33-26(42)22(15(2)3)32-20(37)13-29-27(43)28(8,34-18(7)36)12-11-21(38)39;1-3-4-11-7(10)5-8-6(2)9;1-2-3(4)5;1-3-2/h14-17,19,22-23H,9-13H2,1-8H3,(H,29,43)(H,30,40)(H,31,41)(H,32,37)(H,33,42)(H,34,36)(H,38,39);1H,4-5H2,2H3,(H,8,9);2H2,1H3,(H,4,5);3H2,1-2H3/t17-,19?,22?,23?,28?;;;/m0.../s1. The molecule has 0 spiro atoms. The van der Waals surface area contributed by atoms with E-state index >= 15 is 0 Å². The molecule has 0 aliphatic carbocycles. The molecule has 354 valence electrons. The number of terminal acetylenes is 1. The second kappa shape index (κ2) is 35.7. The number of carbonyl (C=O) groups is 11. The number of carboxylic acids is 2. The monoisotopic (exact) mass is 886 g/mol. The second-order valence-corrected chi connectivity index (χ2v) is 14.6. The molecule has 0 aromatic carbocycles. The lowest BCUT2D eigenvalue weighted by atomic mass is 9.94. The second-order valence-electron chi connectivity index (χ2n) is 14.6. The van der Waals surface area contributed by atoms with Gasteiger partial charge in [0.05, 0.1) is 12.6 Å². The SMILES string of the molecule is C#CCOC(=O)CNC(C)=O.CCC.CCC(=O)O.CCCC(NC(=O)C(NC(=O)C(NC(=O)CNC(=O)C(C)(CCC(=O)O)NC(C)=O)C(C)C)C(C)C)C(=O)N[C@@H](C)C=O. The zero-order chi connectivity index (χ0) is 49.2. The molecule has 62 heavy (non-hydrogen) atoms. The molecule has 0 fully saturated rings. The highest BCUT2D eigenvalue weighted by Gasteiger charge is 2.36. The van der Waals surface area contributed by atoms with E-state index in [0.717, 1.165) is 0 Å². The maximum atomic E-state index is 13.2. The Labute approximate surface area is 365 Å². The number of amides is 7. The van der Waals surface area contributed by atoms with Gasteiger partial charge in [-0.1, -0.05) is 74.2 Å². The number of esters is 1. The summed E-state index contributed by atoms with van der Waals surface area (Å²) in [4.78, 5) is 128. The smallest absolute Gasteiger partial charge is 0.326 e. The van der Waals surface area contributed by atoms with Gasteiger partial charge in [0.1, 0.15) is 36.5 Å². The van der Waals surface area contributed by atoms with Crippen molar-refractivity contribution >= 4 is 65.5 Å². The molecule has 0 aliphatic rings. The number of aliphatic carboxylic acids is 2. The van der Waals surface area contributed by atoms with Crippen molar-refractivity contribution in [3.63, 3.8) is 0 Å². The Morgan fingerprint density at radius 3 is 1.63 bits per heavy atom. The summed E-state index contributed by atoms with van der Waals surface area (Å²) >= 11 is 0. The first-order chi connectivity index (χ1) is 28.7. The fourth-order valence-electron chi connectivity index (χ4n) is 4.42. The third kappa shape index (κ3) is 32.7. The van der Waals surface area contributed by atoms with E-state index in [2.05, 4.69) is 61.7 Å². The van der Waals surface area contributed by atoms with E-state index in [1.807, 2.05) is 6.92 Å². The molecular formula is C41H71N7O14. The fourth-order valence-corrected chi connectivity index (χ4v) is 4.42. The Bertz CT molecular complexity index is 1510. The molecule has 0 rings (SSSR count). The molecule has 7 amide bonds. The van der Waals surface area contributed by atoms with E-state index in [0.29, 0.717) is 19.1 Å². The van der Waals surface area contributed by atoms with Crippen LogP contribution in [0.2, 0.25) is 0 Å². The number of ether oxygens (including phenoxy) is 1. The van der Waals surface area contributed by atoms with E-state index in [1.54, 1.807) is 34.6 Å². The van der Waals surface area contributed by atoms with E-state index in [1.165, 1.54) is 34.1 Å². The van der Waals surface area contributed by atoms with Gasteiger partial charge in [-0.15, -0.1) is 6.42 Å². The largest absolute Gasteiger partial charge is 0.481 e. The number of aldehydes is 1. The Morgan fingerprint density at radius 2 is 1.23 bits per heavy atom. The summed E-state index contributed by atoms with van der Waals surface area (Å²) < 4.78 is 4.45. The predicted octanol–water partition coefficient (Wildman–Crippen LogP) is 0.329. The van der Waals surface area contributed by atoms with Crippen LogP contribution in [0.3, 0.4) is 0 Å². The van der Waals surface area contributed by atoms with Crippen molar-refractivity contribution in [2.75, 3.05) is 19.7 Å². The first-order valence-electron chi connectivity index (χ1n) is 20.2. The van der Waals surface area contributed by atoms with Crippen molar-refractivity contribution in [2.45, 2.75) is 151 Å². The van der Waals surface area contributed by atoms with Gasteiger partial charge >= 0.3 is 17.9 Å². The average molecular weight is 886 g/mol. The molecule has 5 atom stereocenters. The van der Waals surface area contributed by atoms with E-state index in [9.17, 15) is 52.7 Å². The average Bonchev–Trinajstić information content (AvgIpc) is 3.18. The van der Waals surface area contributed by atoms with E-state index in [4.69, 9.17) is 16.6 Å². The highest BCUT2D eigenvalue weighted by atomic mass is 16.5. The molecule has 9 N–H and O–H groups in total. The van der Waals surface area contributed by atoms with Gasteiger partial charge in [0, 0.05) is 26.7 Å². The Hall–Kier alpha value is -6.07. The van der Waals surface area contributed by atoms with Crippen LogP contribution in [-0.2, 0) is 57.5 Å². The van der Waals surface area contributed by atoms with E-state index in [-0.39, 0.29) is 31.9 Å². The summed E-state index contributed by atoms with van der Waals surface area (Å²) in [5.41, 5.74) is -1.59. The van der Waals surface area contributed by atoms with Crippen LogP contribution in [0, 0.1) is 24.2 Å². The van der Waals surface area contributed by atoms with Crippen molar-refractivity contribution in [1.82, 2.24) is 37.2 Å². The van der Waals surface area contributed by atoms with Gasteiger partial charge in [-0.3, -0.25) is 47.9 Å². The van der Waals surface area contributed by atoms with Crippen LogP contribution in [-0.4, -0.2) is 125 Å². The number of carbonyl (C=O) groups excluding carboxylic acids is 9. The maximum Gasteiger partial charge on any atom is 0.326 e. The van der Waals surface area contributed by atoms with Crippen molar-refractivity contribution < 1.29 is 67.7 Å². The molecule has 0 heterocycles. The van der Waals surface area contributed by atoms with Crippen molar-refractivity contribution in [2.24, 2.45) is 11.8 Å². The quantitative estimate of drug-likeness (QED) is 0.0380. The van der Waals surface area contributed by atoms with Gasteiger partial charge in [0.2, 0.25) is 41.4 Å². The molecule has 4 unspecified atom stereocenters. The first-order valence-corrected chi connectivity index (χ1v) is 20.2. The zero-order valence-electron chi connectivity index (χ0n) is 38.3. The molecule has 0 aromatic rings. The molecule has 0 aliphatic heterocycles. The lowest BCUT2D eigenvalue weighted by molar-refractivity contribution is -0.142. The molecule has 0 radical (unpaired) electrons. The van der Waals surface area contributed by atoms with Crippen LogP contribution in [0.5, 0.6) is 0 Å². The van der Waals surface area contributed by atoms with Crippen LogP contribution in [0.4, 0.5) is 0 Å². The lowest BCUT2D eigenvalue weighted by Crippen LogP contribution is -2.60. The molecule has 21 heteroatoms. The summed E-state index contributed by atoms with van der Waals surface area (Å²) in [6, 6.07) is -3.83. The number of rotatable bonds is 23. The Morgan fingerprint density at radius 1 is 0.726 bits per heavy atom. The van der Waals surface area contributed by atoms with E-state index < -0.39 is 108 Å². The number of hydrogen-bond acceptors (Lipinski definition) is 12. The number of hydrogen-bond donors (Lipinski definition) is 9. The van der Waals surface area contributed by atoms with Crippen LogP contribution >= 0.6 is 0 Å². The van der Waals surface area contributed by atoms with Gasteiger partial charge in [-0.25, -0.2) is 0 Å². The summed E-state index contributed by atoms with van der Waals surface area (Å²) in [6.07, 6.45) is 7.09. The number of carboxylic acid groups (broad SMARTS) is 2. The van der Waals surface area contributed by atoms with Crippen molar-refractivity contribution in [1.29, 1.82) is 0 Å². The van der Waals surface area contributed by atoms with Crippen LogP contribution in [0.15, 0.2) is 0 Å². The van der Waals surface area contributed by atoms with Gasteiger partial charge in [0.15, 0.2) is 6.61 Å². The van der Waals surface area contributed by atoms with Crippen molar-refractivity contribution in [3.05, 3.63) is 0 Å². The fraction of sp³-hybridized carbons (Fsp3) is 0.683. The third-order valence-electron chi connectivity index (χ3n) is 7.60. The third-order valence-corrected chi connectivity index (χ3v) is 7.60.